The number of amidine groups is 1. The van der Waals surface area contributed by atoms with Crippen molar-refractivity contribution in [1.82, 2.24) is 9.97 Å². The van der Waals surface area contributed by atoms with Gasteiger partial charge in [0, 0.05) is 33.6 Å². The van der Waals surface area contributed by atoms with Crippen LogP contribution in [-0.4, -0.2) is 15.8 Å². The van der Waals surface area contributed by atoms with Crippen LogP contribution in [0, 0.1) is 5.41 Å². The molecule has 1 aromatic carbocycles. The van der Waals surface area contributed by atoms with Crippen molar-refractivity contribution in [3.05, 3.63) is 47.6 Å². The molecule has 19 heavy (non-hydrogen) atoms. The maximum atomic E-state index is 7.69. The van der Waals surface area contributed by atoms with Crippen LogP contribution < -0.4 is 5.73 Å². The molecule has 3 aromatic rings. The molecule has 0 spiro atoms. The van der Waals surface area contributed by atoms with Crippen molar-refractivity contribution in [2.24, 2.45) is 5.73 Å². The molecule has 0 saturated heterocycles. The van der Waals surface area contributed by atoms with Crippen LogP contribution in [0.2, 0.25) is 0 Å². The maximum Gasteiger partial charge on any atom is 0.154 e. The fraction of sp³-hybridized carbons (Fsp3) is 0. The Labute approximate surface area is 118 Å². The molecular formula is C13H10N4S2. The van der Waals surface area contributed by atoms with Gasteiger partial charge in [0.2, 0.25) is 0 Å². The Balaban J connectivity index is 2.22. The molecule has 0 aliphatic carbocycles. The van der Waals surface area contributed by atoms with Gasteiger partial charge in [-0.2, -0.15) is 0 Å². The average molecular weight is 286 g/mol. The van der Waals surface area contributed by atoms with Crippen molar-refractivity contribution in [3.63, 3.8) is 0 Å². The third-order valence-electron chi connectivity index (χ3n) is 2.62. The molecule has 3 N–H and O–H groups in total. The second-order valence-corrected chi connectivity index (χ2v) is 5.98. The van der Waals surface area contributed by atoms with Gasteiger partial charge in [-0.25, -0.2) is 4.98 Å². The van der Waals surface area contributed by atoms with Crippen LogP contribution in [0.4, 0.5) is 0 Å². The summed E-state index contributed by atoms with van der Waals surface area (Å²) in [7, 11) is 0. The van der Waals surface area contributed by atoms with Crippen molar-refractivity contribution >= 4 is 39.8 Å². The van der Waals surface area contributed by atoms with Gasteiger partial charge in [0.25, 0.3) is 0 Å². The fourth-order valence-electron chi connectivity index (χ4n) is 1.77. The third kappa shape index (κ3) is 2.32. The van der Waals surface area contributed by atoms with Crippen molar-refractivity contribution < 1.29 is 0 Å². The van der Waals surface area contributed by atoms with E-state index in [1.54, 1.807) is 23.7 Å². The van der Waals surface area contributed by atoms with E-state index in [1.807, 2.05) is 29.6 Å². The number of nitrogen functional groups attached to an aromatic ring is 1. The molecule has 4 nitrogen and oxygen atoms in total. The summed E-state index contributed by atoms with van der Waals surface area (Å²) >= 11 is 3.09. The summed E-state index contributed by atoms with van der Waals surface area (Å²) < 4.78 is 0.929. The lowest BCUT2D eigenvalue weighted by Crippen LogP contribution is -2.13. The second kappa shape index (κ2) is 4.99. The summed E-state index contributed by atoms with van der Waals surface area (Å²) in [4.78, 5) is 9.55. The first-order valence-electron chi connectivity index (χ1n) is 5.55. The predicted molar refractivity (Wildman–Crippen MR) is 79.0 cm³/mol. The largest absolute Gasteiger partial charge is 0.384 e. The Morgan fingerprint density at radius 1 is 1.26 bits per heavy atom. The zero-order valence-electron chi connectivity index (χ0n) is 9.83. The topological polar surface area (TPSA) is 75.7 Å². The molecular weight excluding hydrogens is 276 g/mol. The van der Waals surface area contributed by atoms with Crippen LogP contribution in [0.1, 0.15) is 5.56 Å². The van der Waals surface area contributed by atoms with E-state index in [-0.39, 0.29) is 5.84 Å². The summed E-state index contributed by atoms with van der Waals surface area (Å²) in [6.07, 6.45) is 3.42. The predicted octanol–water partition coefficient (Wildman–Crippen LogP) is 3.13. The Kier molecular flexibility index (Phi) is 3.18. The number of aromatic nitrogens is 2. The molecule has 0 atom stereocenters. The summed E-state index contributed by atoms with van der Waals surface area (Å²) in [5.74, 6) is 0.0253. The van der Waals surface area contributed by atoms with Crippen LogP contribution in [-0.2, 0) is 0 Å². The van der Waals surface area contributed by atoms with Crippen molar-refractivity contribution in [3.8, 4) is 0 Å². The molecule has 94 valence electrons. The van der Waals surface area contributed by atoms with Gasteiger partial charge < -0.3 is 5.73 Å². The molecule has 0 aliphatic heterocycles. The number of pyridine rings is 1. The molecule has 0 radical (unpaired) electrons. The standard InChI is InChI=1S/C13H10N4S2/c14-12(15)9-7-17-10-4-2-1-3-8(10)11(9)19-13-16-5-6-18-13/h1-7H,(H3,14,15). The van der Waals surface area contributed by atoms with E-state index in [9.17, 15) is 0 Å². The number of nitrogens with two attached hydrogens (primary N) is 1. The Morgan fingerprint density at radius 3 is 2.84 bits per heavy atom. The van der Waals surface area contributed by atoms with Crippen LogP contribution in [0.3, 0.4) is 0 Å². The summed E-state index contributed by atoms with van der Waals surface area (Å²) in [6.45, 7) is 0. The van der Waals surface area contributed by atoms with Gasteiger partial charge in [-0.05, 0) is 6.07 Å². The lowest BCUT2D eigenvalue weighted by atomic mass is 10.1. The highest BCUT2D eigenvalue weighted by molar-refractivity contribution is 8.01. The number of thiazole rings is 1. The number of benzene rings is 1. The number of para-hydroxylation sites is 1. The van der Waals surface area contributed by atoms with Gasteiger partial charge in [-0.15, -0.1) is 11.3 Å². The number of rotatable bonds is 3. The first-order valence-corrected chi connectivity index (χ1v) is 7.25. The molecule has 0 amide bonds. The minimum atomic E-state index is 0.0253. The van der Waals surface area contributed by atoms with E-state index >= 15 is 0 Å². The van der Waals surface area contributed by atoms with Crippen LogP contribution in [0.25, 0.3) is 10.9 Å². The number of nitrogens with zero attached hydrogens (tertiary/aromatic N) is 2. The Bertz CT molecular complexity index is 737. The number of nitrogens with one attached hydrogen (secondary N) is 1. The Morgan fingerprint density at radius 2 is 2.11 bits per heavy atom. The second-order valence-electron chi connectivity index (χ2n) is 3.83. The quantitative estimate of drug-likeness (QED) is 0.573. The molecule has 2 heterocycles. The van der Waals surface area contributed by atoms with Crippen LogP contribution in [0.15, 0.2) is 51.3 Å². The fourth-order valence-corrected chi connectivity index (χ4v) is 3.58. The molecule has 0 saturated carbocycles. The number of hydrogen-bond acceptors (Lipinski definition) is 5. The lowest BCUT2D eigenvalue weighted by molar-refractivity contribution is 1.24. The van der Waals surface area contributed by atoms with Crippen LogP contribution >= 0.6 is 23.1 Å². The van der Waals surface area contributed by atoms with Gasteiger partial charge in [0.1, 0.15) is 5.84 Å². The van der Waals surface area contributed by atoms with Crippen molar-refractivity contribution in [1.29, 1.82) is 5.41 Å². The van der Waals surface area contributed by atoms with E-state index in [0.717, 1.165) is 20.1 Å². The SMILES string of the molecule is N=C(N)c1cnc2ccccc2c1Sc1nccs1. The Hall–Kier alpha value is -1.92. The highest BCUT2D eigenvalue weighted by atomic mass is 32.2. The zero-order valence-corrected chi connectivity index (χ0v) is 11.5. The molecule has 0 bridgehead atoms. The van der Waals surface area contributed by atoms with Crippen LogP contribution in [0.5, 0.6) is 0 Å². The highest BCUT2D eigenvalue weighted by Crippen LogP contribution is 2.36. The summed E-state index contributed by atoms with van der Waals surface area (Å²) in [6, 6.07) is 7.84. The first-order chi connectivity index (χ1) is 9.25. The normalized spacial score (nSPS) is 10.7. The minimum absolute atomic E-state index is 0.0253. The average Bonchev–Trinajstić information content (AvgIpc) is 2.92. The van der Waals surface area contributed by atoms with E-state index in [2.05, 4.69) is 9.97 Å². The number of fused-ring (bicyclic) bond motifs is 1. The zero-order chi connectivity index (χ0) is 13.2. The van der Waals surface area contributed by atoms with Gasteiger partial charge in [-0.1, -0.05) is 30.0 Å². The highest BCUT2D eigenvalue weighted by Gasteiger charge is 2.13. The third-order valence-corrected chi connectivity index (χ3v) is 4.64. The molecule has 0 unspecified atom stereocenters. The lowest BCUT2D eigenvalue weighted by Gasteiger charge is -2.09. The van der Waals surface area contributed by atoms with Gasteiger partial charge in [0.05, 0.1) is 5.52 Å². The molecule has 3 rings (SSSR count). The monoisotopic (exact) mass is 286 g/mol. The van der Waals surface area contributed by atoms with E-state index in [1.165, 1.54) is 11.8 Å². The summed E-state index contributed by atoms with van der Waals surface area (Å²) in [5, 5.41) is 10.6. The summed E-state index contributed by atoms with van der Waals surface area (Å²) in [5.41, 5.74) is 7.19. The molecule has 6 heteroatoms. The minimum Gasteiger partial charge on any atom is -0.384 e. The van der Waals surface area contributed by atoms with Gasteiger partial charge in [-0.3, -0.25) is 10.4 Å². The molecule has 0 fully saturated rings. The maximum absolute atomic E-state index is 7.69. The van der Waals surface area contributed by atoms with Gasteiger partial charge in [0.15, 0.2) is 4.34 Å². The van der Waals surface area contributed by atoms with Gasteiger partial charge >= 0.3 is 0 Å². The van der Waals surface area contributed by atoms with Crippen molar-refractivity contribution in [2.75, 3.05) is 0 Å². The van der Waals surface area contributed by atoms with Crippen molar-refractivity contribution in [2.45, 2.75) is 9.24 Å². The molecule has 0 aliphatic rings. The smallest absolute Gasteiger partial charge is 0.154 e. The first kappa shape index (κ1) is 12.1. The van der Waals surface area contributed by atoms with E-state index < -0.39 is 0 Å². The van der Waals surface area contributed by atoms with E-state index in [4.69, 9.17) is 11.1 Å². The van der Waals surface area contributed by atoms with E-state index in [0.29, 0.717) is 5.56 Å². The number of hydrogen-bond donors (Lipinski definition) is 2. The molecule has 2 aromatic heterocycles.